The van der Waals surface area contributed by atoms with Gasteiger partial charge in [-0.05, 0) is 37.1 Å². The minimum absolute atomic E-state index is 0.174. The van der Waals surface area contributed by atoms with E-state index in [4.69, 9.17) is 0 Å². The van der Waals surface area contributed by atoms with Gasteiger partial charge in [-0.1, -0.05) is 88.4 Å². The number of aromatic nitrogens is 3. The first-order chi connectivity index (χ1) is 15.4. The molecule has 32 heavy (non-hydrogen) atoms. The molecular weight excluding hydrogens is 486 g/mol. The molecule has 0 aliphatic rings. The molecule has 0 aliphatic carbocycles. The van der Waals surface area contributed by atoms with Gasteiger partial charge in [0.1, 0.15) is 0 Å². The molecule has 0 saturated heterocycles. The van der Waals surface area contributed by atoms with Gasteiger partial charge in [-0.2, -0.15) is 5.10 Å². The summed E-state index contributed by atoms with van der Waals surface area (Å²) in [6.45, 7) is 8.46. The normalized spacial score (nSPS) is 11.7. The Morgan fingerprint density at radius 1 is 1.16 bits per heavy atom. The minimum Gasteiger partial charge on any atom is -0.298 e. The van der Waals surface area contributed by atoms with E-state index in [9.17, 15) is 4.79 Å². The highest BCUT2D eigenvalue weighted by molar-refractivity contribution is 9.10. The highest BCUT2D eigenvalue weighted by Crippen LogP contribution is 2.26. The first kappa shape index (κ1) is 23.7. The third kappa shape index (κ3) is 7.03. The van der Waals surface area contributed by atoms with E-state index < -0.39 is 0 Å². The largest absolute Gasteiger partial charge is 0.298 e. The smallest absolute Gasteiger partial charge is 0.250 e. The van der Waals surface area contributed by atoms with Crippen molar-refractivity contribution in [2.45, 2.75) is 25.5 Å². The number of benzene rings is 2. The first-order valence-electron chi connectivity index (χ1n) is 9.94. The first-order valence-corrected chi connectivity index (χ1v) is 11.7. The second-order valence-electron chi connectivity index (χ2n) is 7.24. The molecule has 0 radical (unpaired) electrons. The lowest BCUT2D eigenvalue weighted by atomic mass is 10.1. The number of thioether (sulfide) groups is 1. The average Bonchev–Trinajstić information content (AvgIpc) is 3.15. The van der Waals surface area contributed by atoms with Crippen LogP contribution in [0.1, 0.15) is 19.4 Å². The van der Waals surface area contributed by atoms with E-state index in [1.165, 1.54) is 11.8 Å². The molecule has 0 spiro atoms. The van der Waals surface area contributed by atoms with Crippen molar-refractivity contribution in [1.82, 2.24) is 20.2 Å². The molecule has 0 atom stereocenters. The van der Waals surface area contributed by atoms with Crippen molar-refractivity contribution < 1.29 is 4.79 Å². The summed E-state index contributed by atoms with van der Waals surface area (Å²) in [7, 11) is 0. The van der Waals surface area contributed by atoms with E-state index in [0.717, 1.165) is 32.6 Å². The zero-order valence-electron chi connectivity index (χ0n) is 18.0. The van der Waals surface area contributed by atoms with Crippen molar-refractivity contribution in [1.29, 1.82) is 0 Å². The summed E-state index contributed by atoms with van der Waals surface area (Å²) in [4.78, 5) is 12.3. The zero-order valence-corrected chi connectivity index (χ0v) is 20.4. The predicted octanol–water partition coefficient (Wildman–Crippen LogP) is 5.58. The monoisotopic (exact) mass is 509 g/mol. The molecule has 6 nitrogen and oxygen atoms in total. The predicted molar refractivity (Wildman–Crippen MR) is 135 cm³/mol. The van der Waals surface area contributed by atoms with Gasteiger partial charge >= 0.3 is 0 Å². The van der Waals surface area contributed by atoms with Crippen LogP contribution in [-0.4, -0.2) is 32.6 Å². The Labute approximate surface area is 200 Å². The van der Waals surface area contributed by atoms with E-state index >= 15 is 0 Å². The van der Waals surface area contributed by atoms with Gasteiger partial charge in [-0.3, -0.25) is 9.36 Å². The summed E-state index contributed by atoms with van der Waals surface area (Å²) in [6, 6.07) is 17.8. The third-order valence-electron chi connectivity index (χ3n) is 4.23. The van der Waals surface area contributed by atoms with E-state index in [1.54, 1.807) is 6.21 Å². The van der Waals surface area contributed by atoms with Crippen LogP contribution in [-0.2, 0) is 11.3 Å². The molecule has 1 aromatic heterocycles. The lowest BCUT2D eigenvalue weighted by Gasteiger charge is -2.10. The number of nitrogens with one attached hydrogen (secondary N) is 1. The molecule has 164 valence electrons. The summed E-state index contributed by atoms with van der Waals surface area (Å²) in [5.74, 6) is 0.699. The van der Waals surface area contributed by atoms with Crippen molar-refractivity contribution in [2.24, 2.45) is 5.10 Å². The van der Waals surface area contributed by atoms with E-state index in [2.05, 4.69) is 43.2 Å². The standard InChI is InChI=1S/C24H24BrN5OS/c1-17(2)15-30-23(20-9-11-21(25)12-10-20)28-29-24(30)32-16-22(31)27-26-14-18(3)13-19-7-5-4-6-8-19/h4-14H,1,15-16H2,2-3H3,(H,27,31)/b18-13+,26-14+. The van der Waals surface area contributed by atoms with Crippen molar-refractivity contribution in [3.05, 3.63) is 82.4 Å². The number of hydrogen-bond donors (Lipinski definition) is 1. The SMILES string of the molecule is C=C(C)Cn1c(SCC(=O)N/N=C/C(C)=C/c2ccccc2)nnc1-c1ccc(Br)cc1. The fourth-order valence-electron chi connectivity index (χ4n) is 2.84. The van der Waals surface area contributed by atoms with Gasteiger partial charge in [0.2, 0.25) is 0 Å². The maximum Gasteiger partial charge on any atom is 0.250 e. The van der Waals surface area contributed by atoms with Gasteiger partial charge < -0.3 is 0 Å². The Morgan fingerprint density at radius 3 is 2.56 bits per heavy atom. The number of allylic oxidation sites excluding steroid dienone is 2. The second kappa shape index (κ2) is 11.6. The number of halogens is 1. The molecule has 0 unspecified atom stereocenters. The van der Waals surface area contributed by atoms with Crippen LogP contribution in [0.4, 0.5) is 0 Å². The van der Waals surface area contributed by atoms with E-state index in [1.807, 2.05) is 79.1 Å². The van der Waals surface area contributed by atoms with Crippen LogP contribution < -0.4 is 5.43 Å². The summed E-state index contributed by atoms with van der Waals surface area (Å²) < 4.78 is 2.97. The molecule has 0 saturated carbocycles. The second-order valence-corrected chi connectivity index (χ2v) is 9.10. The molecule has 3 aromatic rings. The fraction of sp³-hybridized carbons (Fsp3) is 0.167. The Morgan fingerprint density at radius 2 is 1.88 bits per heavy atom. The van der Waals surface area contributed by atoms with Crippen molar-refractivity contribution >= 4 is 45.9 Å². The molecule has 8 heteroatoms. The number of amides is 1. The molecule has 1 amide bonds. The van der Waals surface area contributed by atoms with Crippen molar-refractivity contribution in [3.8, 4) is 11.4 Å². The third-order valence-corrected chi connectivity index (χ3v) is 5.73. The van der Waals surface area contributed by atoms with Crippen LogP contribution in [0, 0.1) is 0 Å². The highest BCUT2D eigenvalue weighted by atomic mass is 79.9. The van der Waals surface area contributed by atoms with E-state index in [-0.39, 0.29) is 11.7 Å². The van der Waals surface area contributed by atoms with E-state index in [0.29, 0.717) is 11.7 Å². The molecule has 2 aromatic carbocycles. The quantitative estimate of drug-likeness (QED) is 0.177. The number of carbonyl (C=O) groups is 1. The number of hydrogen-bond acceptors (Lipinski definition) is 5. The van der Waals surface area contributed by atoms with Crippen LogP contribution in [0.5, 0.6) is 0 Å². The zero-order chi connectivity index (χ0) is 22.9. The molecular formula is C24H24BrN5OS. The molecule has 3 rings (SSSR count). The molecule has 1 heterocycles. The van der Waals surface area contributed by atoms with Gasteiger partial charge in [0.25, 0.3) is 5.91 Å². The number of carbonyl (C=O) groups excluding carboxylic acids is 1. The number of rotatable bonds is 9. The summed E-state index contributed by atoms with van der Waals surface area (Å²) in [6.07, 6.45) is 3.62. The Bertz CT molecular complexity index is 1140. The van der Waals surface area contributed by atoms with Crippen LogP contribution in [0.2, 0.25) is 0 Å². The molecule has 0 bridgehead atoms. The number of hydrazone groups is 1. The van der Waals surface area contributed by atoms with Gasteiger partial charge in [0, 0.05) is 16.6 Å². The van der Waals surface area contributed by atoms with Crippen LogP contribution in [0.3, 0.4) is 0 Å². The number of nitrogens with zero attached hydrogens (tertiary/aromatic N) is 4. The van der Waals surface area contributed by atoms with Crippen LogP contribution >= 0.6 is 27.7 Å². The maximum atomic E-state index is 12.3. The Kier molecular flexibility index (Phi) is 8.58. The summed E-state index contributed by atoms with van der Waals surface area (Å²) in [5.41, 5.74) is 6.50. The van der Waals surface area contributed by atoms with Gasteiger partial charge in [0.15, 0.2) is 11.0 Å². The Balaban J connectivity index is 1.62. The van der Waals surface area contributed by atoms with Gasteiger partial charge in [0.05, 0.1) is 12.0 Å². The lowest BCUT2D eigenvalue weighted by molar-refractivity contribution is -0.118. The summed E-state index contributed by atoms with van der Waals surface area (Å²) >= 11 is 4.76. The maximum absolute atomic E-state index is 12.3. The van der Waals surface area contributed by atoms with Crippen molar-refractivity contribution in [3.63, 3.8) is 0 Å². The van der Waals surface area contributed by atoms with Crippen molar-refractivity contribution in [2.75, 3.05) is 5.75 Å². The average molecular weight is 510 g/mol. The summed E-state index contributed by atoms with van der Waals surface area (Å²) in [5, 5.41) is 13.3. The Hall–Kier alpha value is -2.97. The van der Waals surface area contributed by atoms with Gasteiger partial charge in [-0.15, -0.1) is 10.2 Å². The lowest BCUT2D eigenvalue weighted by Crippen LogP contribution is -2.20. The van der Waals surface area contributed by atoms with Crippen LogP contribution in [0.25, 0.3) is 17.5 Å². The minimum atomic E-state index is -0.214. The molecule has 0 fully saturated rings. The molecule has 1 N–H and O–H groups in total. The fourth-order valence-corrected chi connectivity index (χ4v) is 3.83. The topological polar surface area (TPSA) is 72.2 Å². The van der Waals surface area contributed by atoms with Gasteiger partial charge in [-0.25, -0.2) is 5.43 Å². The highest BCUT2D eigenvalue weighted by Gasteiger charge is 2.15. The molecule has 0 aliphatic heterocycles. The van der Waals surface area contributed by atoms with Crippen LogP contribution in [0.15, 0.2) is 87.1 Å².